The fourth-order valence-corrected chi connectivity index (χ4v) is 5.74. The Morgan fingerprint density at radius 1 is 1.15 bits per heavy atom. The monoisotopic (exact) mass is 486 g/mol. The van der Waals surface area contributed by atoms with Crippen LogP contribution in [0.1, 0.15) is 9.67 Å². The first-order valence-electron chi connectivity index (χ1n) is 10.3. The molecule has 3 heterocycles. The predicted octanol–water partition coefficient (Wildman–Crippen LogP) is 4.54. The van der Waals surface area contributed by atoms with Gasteiger partial charge in [-0.2, -0.15) is 0 Å². The molecule has 1 amide bonds. The number of aromatic nitrogens is 1. The molecule has 4 aromatic rings. The van der Waals surface area contributed by atoms with Gasteiger partial charge >= 0.3 is 0 Å². The zero-order valence-electron chi connectivity index (χ0n) is 17.4. The van der Waals surface area contributed by atoms with E-state index >= 15 is 0 Å². The molecule has 0 atom stereocenters. The Balaban J connectivity index is 1.48. The summed E-state index contributed by atoms with van der Waals surface area (Å²) in [5.74, 6) is -0.582. The van der Waals surface area contributed by atoms with E-state index in [1.807, 2.05) is 0 Å². The van der Waals surface area contributed by atoms with Crippen molar-refractivity contribution >= 4 is 59.7 Å². The second kappa shape index (κ2) is 9.10. The van der Waals surface area contributed by atoms with Crippen LogP contribution in [0.4, 0.5) is 15.2 Å². The van der Waals surface area contributed by atoms with Gasteiger partial charge in [-0.3, -0.25) is 24.7 Å². The molecule has 1 saturated heterocycles. The van der Waals surface area contributed by atoms with Crippen LogP contribution in [0.25, 0.3) is 20.3 Å². The van der Waals surface area contributed by atoms with Crippen LogP contribution in [-0.2, 0) is 4.74 Å². The van der Waals surface area contributed by atoms with Gasteiger partial charge in [0.05, 0.1) is 33.2 Å². The number of nitrogens with zero attached hydrogens (tertiary/aromatic N) is 4. The van der Waals surface area contributed by atoms with Gasteiger partial charge in [0.1, 0.15) is 5.82 Å². The first-order chi connectivity index (χ1) is 16.0. The molecule has 1 aliphatic heterocycles. The van der Waals surface area contributed by atoms with E-state index in [0.29, 0.717) is 51.9 Å². The number of hydrogen-bond acceptors (Lipinski definition) is 8. The second-order valence-electron chi connectivity index (χ2n) is 7.61. The zero-order chi connectivity index (χ0) is 22.9. The number of halogens is 1. The van der Waals surface area contributed by atoms with Crippen molar-refractivity contribution in [3.63, 3.8) is 0 Å². The summed E-state index contributed by atoms with van der Waals surface area (Å²) < 4.78 is 20.6. The van der Waals surface area contributed by atoms with Crippen molar-refractivity contribution in [2.75, 3.05) is 44.3 Å². The predicted molar refractivity (Wildman–Crippen MR) is 127 cm³/mol. The molecule has 0 bridgehead atoms. The van der Waals surface area contributed by atoms with Crippen LogP contribution < -0.4 is 4.90 Å². The Hall–Kier alpha value is -2.99. The van der Waals surface area contributed by atoms with Crippen LogP contribution in [0.5, 0.6) is 0 Å². The molecule has 0 saturated carbocycles. The van der Waals surface area contributed by atoms with Gasteiger partial charge in [0.15, 0.2) is 5.13 Å². The number of hydrogen-bond donors (Lipinski definition) is 0. The van der Waals surface area contributed by atoms with Crippen LogP contribution >= 0.6 is 22.7 Å². The Kier molecular flexibility index (Phi) is 6.02. The lowest BCUT2D eigenvalue weighted by molar-refractivity contribution is -0.384. The highest BCUT2D eigenvalue weighted by molar-refractivity contribution is 7.23. The molecule has 5 rings (SSSR count). The highest BCUT2D eigenvalue weighted by Crippen LogP contribution is 2.33. The van der Waals surface area contributed by atoms with Crippen LogP contribution in [0.3, 0.4) is 0 Å². The van der Waals surface area contributed by atoms with Gasteiger partial charge in [0, 0.05) is 48.4 Å². The SMILES string of the molecule is O=C(c1cc2cc([N+](=O)[O-])ccc2s1)N(CCN1CCOCC1)c1nc2ccc(F)cc2s1. The molecule has 8 nitrogen and oxygen atoms in total. The van der Waals surface area contributed by atoms with Crippen molar-refractivity contribution in [2.24, 2.45) is 0 Å². The standard InChI is InChI=1S/C22H19FN4O4S2/c23-15-1-3-17-19(13-15)33-22(24-17)26(6-5-25-7-9-31-10-8-25)21(28)20-12-14-11-16(27(29)30)2-4-18(14)32-20/h1-4,11-13H,5-10H2. The number of amides is 1. The number of rotatable bonds is 6. The lowest BCUT2D eigenvalue weighted by atomic mass is 10.2. The molecule has 1 fully saturated rings. The number of anilines is 1. The number of fused-ring (bicyclic) bond motifs is 2. The minimum atomic E-state index is -0.451. The van der Waals surface area contributed by atoms with E-state index in [0.717, 1.165) is 17.8 Å². The molecule has 0 unspecified atom stereocenters. The second-order valence-corrected chi connectivity index (χ2v) is 9.70. The minimum absolute atomic E-state index is 0.0170. The summed E-state index contributed by atoms with van der Waals surface area (Å²) in [5, 5.41) is 12.3. The van der Waals surface area contributed by atoms with Gasteiger partial charge in [-0.1, -0.05) is 11.3 Å². The molecule has 2 aromatic heterocycles. The topological polar surface area (TPSA) is 88.8 Å². The highest BCUT2D eigenvalue weighted by Gasteiger charge is 2.25. The number of morpholine rings is 1. The molecular formula is C22H19FN4O4S2. The third-order valence-electron chi connectivity index (χ3n) is 5.48. The molecule has 2 aromatic carbocycles. The quantitative estimate of drug-likeness (QED) is 0.294. The highest BCUT2D eigenvalue weighted by atomic mass is 32.1. The van der Waals surface area contributed by atoms with E-state index in [2.05, 4.69) is 9.88 Å². The van der Waals surface area contributed by atoms with Gasteiger partial charge in [-0.25, -0.2) is 9.37 Å². The molecular weight excluding hydrogens is 467 g/mol. The van der Waals surface area contributed by atoms with E-state index in [9.17, 15) is 19.3 Å². The number of nitro groups is 1. The number of carbonyl (C=O) groups excluding carboxylic acids is 1. The van der Waals surface area contributed by atoms with Crippen molar-refractivity contribution in [1.29, 1.82) is 0 Å². The van der Waals surface area contributed by atoms with Gasteiger partial charge in [-0.05, 0) is 30.3 Å². The maximum absolute atomic E-state index is 13.7. The summed E-state index contributed by atoms with van der Waals surface area (Å²) in [4.78, 5) is 33.2. The molecule has 0 aliphatic carbocycles. The van der Waals surface area contributed by atoms with E-state index in [1.165, 1.54) is 46.9 Å². The first-order valence-corrected chi connectivity index (χ1v) is 12.0. The van der Waals surface area contributed by atoms with Crippen molar-refractivity contribution in [3.8, 4) is 0 Å². The molecule has 0 spiro atoms. The lowest BCUT2D eigenvalue weighted by Crippen LogP contribution is -2.43. The Bertz CT molecular complexity index is 1350. The Morgan fingerprint density at radius 3 is 2.76 bits per heavy atom. The van der Waals surface area contributed by atoms with Crippen LogP contribution in [-0.4, -0.2) is 60.1 Å². The Morgan fingerprint density at radius 2 is 1.97 bits per heavy atom. The third kappa shape index (κ3) is 4.58. The summed E-state index contributed by atoms with van der Waals surface area (Å²) in [5.41, 5.74) is 0.615. The zero-order valence-corrected chi connectivity index (χ0v) is 19.0. The summed E-state index contributed by atoms with van der Waals surface area (Å²) in [6.45, 7) is 3.96. The summed E-state index contributed by atoms with van der Waals surface area (Å²) in [6, 6.07) is 10.6. The summed E-state index contributed by atoms with van der Waals surface area (Å²) in [7, 11) is 0. The smallest absolute Gasteiger partial charge is 0.270 e. The van der Waals surface area contributed by atoms with Crippen molar-refractivity contribution in [1.82, 2.24) is 9.88 Å². The van der Waals surface area contributed by atoms with Gasteiger partial charge in [0.2, 0.25) is 0 Å². The Labute approximate surface area is 196 Å². The molecule has 11 heteroatoms. The van der Waals surface area contributed by atoms with Crippen LogP contribution in [0.2, 0.25) is 0 Å². The average molecular weight is 487 g/mol. The average Bonchev–Trinajstić information content (AvgIpc) is 3.43. The molecule has 170 valence electrons. The van der Waals surface area contributed by atoms with Crippen molar-refractivity contribution in [3.05, 3.63) is 63.3 Å². The molecule has 0 radical (unpaired) electrons. The molecule has 0 N–H and O–H groups in total. The fraction of sp³-hybridized carbons (Fsp3) is 0.273. The number of thiazole rings is 1. The number of thiophene rings is 1. The minimum Gasteiger partial charge on any atom is -0.379 e. The molecule has 1 aliphatic rings. The number of nitro benzene ring substituents is 1. The maximum Gasteiger partial charge on any atom is 0.270 e. The number of carbonyl (C=O) groups is 1. The maximum atomic E-state index is 13.7. The van der Waals surface area contributed by atoms with E-state index in [4.69, 9.17) is 4.74 Å². The van der Waals surface area contributed by atoms with E-state index in [-0.39, 0.29) is 17.4 Å². The van der Waals surface area contributed by atoms with Crippen molar-refractivity contribution in [2.45, 2.75) is 0 Å². The molecule has 33 heavy (non-hydrogen) atoms. The van der Waals surface area contributed by atoms with Crippen LogP contribution in [0, 0.1) is 15.9 Å². The first kappa shape index (κ1) is 21.8. The van der Waals surface area contributed by atoms with Gasteiger partial charge in [0.25, 0.3) is 11.6 Å². The largest absolute Gasteiger partial charge is 0.379 e. The number of non-ortho nitro benzene ring substituents is 1. The number of benzene rings is 2. The van der Waals surface area contributed by atoms with E-state index in [1.54, 1.807) is 23.1 Å². The summed E-state index contributed by atoms with van der Waals surface area (Å²) >= 11 is 2.56. The van der Waals surface area contributed by atoms with Crippen LogP contribution in [0.15, 0.2) is 42.5 Å². The van der Waals surface area contributed by atoms with E-state index < -0.39 is 4.92 Å². The normalized spacial score (nSPS) is 14.7. The van der Waals surface area contributed by atoms with Gasteiger partial charge < -0.3 is 4.74 Å². The number of ether oxygens (including phenoxy) is 1. The lowest BCUT2D eigenvalue weighted by Gasteiger charge is -2.29. The third-order valence-corrected chi connectivity index (χ3v) is 7.63. The summed E-state index contributed by atoms with van der Waals surface area (Å²) in [6.07, 6.45) is 0. The fourth-order valence-electron chi connectivity index (χ4n) is 3.73. The van der Waals surface area contributed by atoms with Gasteiger partial charge in [-0.15, -0.1) is 11.3 Å². The van der Waals surface area contributed by atoms with Crippen molar-refractivity contribution < 1.29 is 18.8 Å².